The molecule has 0 aliphatic heterocycles. The maximum absolute atomic E-state index is 12.6. The van der Waals surface area contributed by atoms with E-state index in [0.29, 0.717) is 23.0 Å². The van der Waals surface area contributed by atoms with Crippen molar-refractivity contribution in [2.45, 2.75) is 33.8 Å². The van der Waals surface area contributed by atoms with Gasteiger partial charge in [-0.3, -0.25) is 4.79 Å². The maximum Gasteiger partial charge on any atom is 0.274 e. The second-order valence-electron chi connectivity index (χ2n) is 6.77. The van der Waals surface area contributed by atoms with Gasteiger partial charge in [-0.05, 0) is 63.6 Å². The molecule has 0 unspecified atom stereocenters. The van der Waals surface area contributed by atoms with E-state index in [-0.39, 0.29) is 12.0 Å². The van der Waals surface area contributed by atoms with Crippen LogP contribution in [0.25, 0.3) is 0 Å². The number of aryl methyl sites for hydroxylation is 2. The zero-order chi connectivity index (χ0) is 20.1. The van der Waals surface area contributed by atoms with Gasteiger partial charge in [-0.1, -0.05) is 18.2 Å². The van der Waals surface area contributed by atoms with E-state index in [4.69, 9.17) is 4.74 Å². The van der Waals surface area contributed by atoms with Crippen LogP contribution in [0.3, 0.4) is 0 Å². The number of hydrogen-bond acceptors (Lipinski definition) is 5. The van der Waals surface area contributed by atoms with Crippen LogP contribution in [0.5, 0.6) is 5.75 Å². The Morgan fingerprint density at radius 1 is 1.00 bits per heavy atom. The summed E-state index contributed by atoms with van der Waals surface area (Å²) >= 11 is 0. The number of benzene rings is 2. The molecular formula is C22H24N4O2. The van der Waals surface area contributed by atoms with Crippen LogP contribution < -0.4 is 15.4 Å². The summed E-state index contributed by atoms with van der Waals surface area (Å²) in [5.41, 5.74) is 3.00. The lowest BCUT2D eigenvalue weighted by atomic mass is 10.2. The van der Waals surface area contributed by atoms with E-state index in [2.05, 4.69) is 20.6 Å². The van der Waals surface area contributed by atoms with E-state index < -0.39 is 0 Å². The third-order valence-electron chi connectivity index (χ3n) is 3.96. The largest absolute Gasteiger partial charge is 0.491 e. The van der Waals surface area contributed by atoms with Crippen LogP contribution in [-0.4, -0.2) is 22.0 Å². The molecule has 0 saturated carbocycles. The number of carbonyl (C=O) groups excluding carboxylic acids is 1. The van der Waals surface area contributed by atoms with Gasteiger partial charge in [-0.25, -0.2) is 9.97 Å². The molecule has 6 heteroatoms. The summed E-state index contributed by atoms with van der Waals surface area (Å²) < 4.78 is 5.61. The molecule has 0 radical (unpaired) electrons. The van der Waals surface area contributed by atoms with Crippen molar-refractivity contribution in [2.75, 3.05) is 10.6 Å². The first-order chi connectivity index (χ1) is 13.4. The molecule has 28 heavy (non-hydrogen) atoms. The molecule has 0 atom stereocenters. The van der Waals surface area contributed by atoms with Crippen LogP contribution in [0.15, 0.2) is 54.6 Å². The molecule has 0 spiro atoms. The van der Waals surface area contributed by atoms with Crippen molar-refractivity contribution < 1.29 is 9.53 Å². The smallest absolute Gasteiger partial charge is 0.274 e. The van der Waals surface area contributed by atoms with E-state index >= 15 is 0 Å². The van der Waals surface area contributed by atoms with Crippen LogP contribution in [0.2, 0.25) is 0 Å². The van der Waals surface area contributed by atoms with Crippen LogP contribution in [-0.2, 0) is 0 Å². The Hall–Kier alpha value is -3.41. The van der Waals surface area contributed by atoms with Crippen LogP contribution in [0, 0.1) is 13.8 Å². The molecule has 6 nitrogen and oxygen atoms in total. The molecule has 3 rings (SSSR count). The zero-order valence-electron chi connectivity index (χ0n) is 16.5. The SMILES string of the molecule is Cc1nc(Nc2ccccc2C)cc(C(=O)Nc2ccc(OC(C)C)cc2)n1. The van der Waals surface area contributed by atoms with Gasteiger partial charge in [0.15, 0.2) is 0 Å². The van der Waals surface area contributed by atoms with Crippen LogP contribution in [0.4, 0.5) is 17.2 Å². The minimum Gasteiger partial charge on any atom is -0.491 e. The minimum atomic E-state index is -0.295. The Labute approximate surface area is 165 Å². The topological polar surface area (TPSA) is 76.1 Å². The van der Waals surface area contributed by atoms with Crippen LogP contribution >= 0.6 is 0 Å². The first-order valence-corrected chi connectivity index (χ1v) is 9.17. The second kappa shape index (κ2) is 8.52. The molecule has 2 N–H and O–H groups in total. The summed E-state index contributed by atoms with van der Waals surface area (Å²) in [7, 11) is 0. The first kappa shape index (κ1) is 19.4. The van der Waals surface area contributed by atoms with E-state index in [1.807, 2.05) is 57.2 Å². The summed E-state index contributed by atoms with van der Waals surface area (Å²) in [5.74, 6) is 1.56. The summed E-state index contributed by atoms with van der Waals surface area (Å²) in [6.45, 7) is 7.71. The first-order valence-electron chi connectivity index (χ1n) is 9.17. The average Bonchev–Trinajstić information content (AvgIpc) is 2.64. The summed E-state index contributed by atoms with van der Waals surface area (Å²) in [6.07, 6.45) is 0.101. The van der Waals surface area contributed by atoms with Gasteiger partial charge in [0.25, 0.3) is 5.91 Å². The summed E-state index contributed by atoms with van der Waals surface area (Å²) in [5, 5.41) is 6.11. The van der Waals surface area contributed by atoms with E-state index in [1.165, 1.54) is 0 Å². The molecule has 0 bridgehead atoms. The van der Waals surface area contributed by atoms with Gasteiger partial charge in [0.2, 0.25) is 0 Å². The van der Waals surface area contributed by atoms with Crippen molar-refractivity contribution in [1.82, 2.24) is 9.97 Å². The molecule has 3 aromatic rings. The Kier molecular flexibility index (Phi) is 5.89. The van der Waals surface area contributed by atoms with Gasteiger partial charge in [0, 0.05) is 17.4 Å². The van der Waals surface area contributed by atoms with Gasteiger partial charge in [-0.2, -0.15) is 0 Å². The minimum absolute atomic E-state index is 0.101. The molecule has 0 aliphatic rings. The maximum atomic E-state index is 12.6. The fraction of sp³-hybridized carbons (Fsp3) is 0.227. The molecule has 0 saturated heterocycles. The Bertz CT molecular complexity index is 969. The normalized spacial score (nSPS) is 10.6. The number of carbonyl (C=O) groups is 1. The van der Waals surface area contributed by atoms with E-state index in [0.717, 1.165) is 17.0 Å². The second-order valence-corrected chi connectivity index (χ2v) is 6.77. The number of amides is 1. The zero-order valence-corrected chi connectivity index (χ0v) is 16.5. The standard InChI is InChI=1S/C22H24N4O2/c1-14(2)28-18-11-9-17(10-12-18)25-22(27)20-13-21(24-16(4)23-20)26-19-8-6-5-7-15(19)3/h5-14H,1-4H3,(H,25,27)(H,23,24,26). The molecule has 144 valence electrons. The monoisotopic (exact) mass is 376 g/mol. The van der Waals surface area contributed by atoms with Crippen molar-refractivity contribution in [3.05, 3.63) is 71.7 Å². The molecule has 2 aromatic carbocycles. The van der Waals surface area contributed by atoms with Crippen molar-refractivity contribution in [2.24, 2.45) is 0 Å². The third-order valence-corrected chi connectivity index (χ3v) is 3.96. The number of aromatic nitrogens is 2. The average molecular weight is 376 g/mol. The number of para-hydroxylation sites is 1. The molecule has 1 aromatic heterocycles. The van der Waals surface area contributed by atoms with Gasteiger partial charge >= 0.3 is 0 Å². The fourth-order valence-corrected chi connectivity index (χ4v) is 2.68. The predicted octanol–water partition coefficient (Wildman–Crippen LogP) is 4.88. The van der Waals surface area contributed by atoms with Crippen molar-refractivity contribution in [3.8, 4) is 5.75 Å². The number of ether oxygens (including phenoxy) is 1. The highest BCUT2D eigenvalue weighted by atomic mass is 16.5. The van der Waals surface area contributed by atoms with Crippen LogP contribution in [0.1, 0.15) is 35.7 Å². The van der Waals surface area contributed by atoms with Gasteiger partial charge < -0.3 is 15.4 Å². The molecular weight excluding hydrogens is 352 g/mol. The summed E-state index contributed by atoms with van der Waals surface area (Å²) in [4.78, 5) is 21.3. The number of rotatable bonds is 6. The highest BCUT2D eigenvalue weighted by molar-refractivity contribution is 6.03. The number of anilines is 3. The highest BCUT2D eigenvalue weighted by Crippen LogP contribution is 2.20. The van der Waals surface area contributed by atoms with Crippen molar-refractivity contribution >= 4 is 23.1 Å². The molecule has 1 amide bonds. The van der Waals surface area contributed by atoms with E-state index in [1.54, 1.807) is 25.1 Å². The summed E-state index contributed by atoms with van der Waals surface area (Å²) in [6, 6.07) is 16.8. The molecule has 0 aliphatic carbocycles. The van der Waals surface area contributed by atoms with Crippen molar-refractivity contribution in [1.29, 1.82) is 0 Å². The fourth-order valence-electron chi connectivity index (χ4n) is 2.68. The predicted molar refractivity (Wildman–Crippen MR) is 111 cm³/mol. The Morgan fingerprint density at radius 2 is 1.71 bits per heavy atom. The number of nitrogens with one attached hydrogen (secondary N) is 2. The lowest BCUT2D eigenvalue weighted by Gasteiger charge is -2.12. The Morgan fingerprint density at radius 3 is 2.39 bits per heavy atom. The molecule has 0 fully saturated rings. The third kappa shape index (κ3) is 5.07. The quantitative estimate of drug-likeness (QED) is 0.641. The van der Waals surface area contributed by atoms with Gasteiger partial charge in [-0.15, -0.1) is 0 Å². The lowest BCUT2D eigenvalue weighted by Crippen LogP contribution is -2.15. The highest BCUT2D eigenvalue weighted by Gasteiger charge is 2.12. The van der Waals surface area contributed by atoms with Crippen molar-refractivity contribution in [3.63, 3.8) is 0 Å². The molecule has 1 heterocycles. The number of nitrogens with zero attached hydrogens (tertiary/aromatic N) is 2. The van der Waals surface area contributed by atoms with E-state index in [9.17, 15) is 4.79 Å². The van der Waals surface area contributed by atoms with Gasteiger partial charge in [0.05, 0.1) is 6.10 Å². The lowest BCUT2D eigenvalue weighted by molar-refractivity contribution is 0.102. The number of hydrogen-bond donors (Lipinski definition) is 2. The van der Waals surface area contributed by atoms with Gasteiger partial charge in [0.1, 0.15) is 23.1 Å². The Balaban J connectivity index is 1.75.